The highest BCUT2D eigenvalue weighted by Crippen LogP contribution is 2.08. The van der Waals surface area contributed by atoms with Crippen molar-refractivity contribution in [2.24, 2.45) is 5.92 Å². The molecule has 0 fully saturated rings. The second-order valence-corrected chi connectivity index (χ2v) is 7.17. The zero-order valence-electron chi connectivity index (χ0n) is 17.5. The maximum atomic E-state index is 2.28. The summed E-state index contributed by atoms with van der Waals surface area (Å²) in [6.45, 7) is 19.5. The van der Waals surface area contributed by atoms with Gasteiger partial charge < -0.3 is 0 Å². The Labute approximate surface area is 151 Å². The van der Waals surface area contributed by atoms with Gasteiger partial charge in [-0.25, -0.2) is 0 Å². The third-order valence-electron chi connectivity index (χ3n) is 4.42. The zero-order chi connectivity index (χ0) is 18.7. The second-order valence-electron chi connectivity index (χ2n) is 7.17. The number of hydrogen-bond acceptors (Lipinski definition) is 0. The Morgan fingerprint density at radius 1 is 0.583 bits per heavy atom. The van der Waals surface area contributed by atoms with E-state index in [2.05, 4.69) is 98.7 Å². The van der Waals surface area contributed by atoms with Gasteiger partial charge in [-0.15, -0.1) is 0 Å². The van der Waals surface area contributed by atoms with Gasteiger partial charge in [-0.2, -0.15) is 0 Å². The third kappa shape index (κ3) is 10.3. The van der Waals surface area contributed by atoms with Gasteiger partial charge in [0.2, 0.25) is 0 Å². The summed E-state index contributed by atoms with van der Waals surface area (Å²) < 4.78 is 0. The maximum absolute atomic E-state index is 2.28. The molecule has 0 atom stereocenters. The average Bonchev–Trinajstić information content (AvgIpc) is 2.50. The van der Waals surface area contributed by atoms with Crippen LogP contribution in [0.1, 0.15) is 67.0 Å². The molecule has 0 aliphatic heterocycles. The third-order valence-corrected chi connectivity index (χ3v) is 4.42. The molecule has 0 radical (unpaired) electrons. The van der Waals surface area contributed by atoms with E-state index in [0.29, 0.717) is 0 Å². The lowest BCUT2D eigenvalue weighted by Crippen LogP contribution is -1.85. The molecule has 0 aromatic heterocycles. The first kappa shape index (κ1) is 22.4. The van der Waals surface area contributed by atoms with Crippen LogP contribution in [0.25, 0.3) is 0 Å². The number of hydrogen-bond donors (Lipinski definition) is 0. The van der Waals surface area contributed by atoms with Gasteiger partial charge in [0.1, 0.15) is 0 Å². The lowest BCUT2D eigenvalue weighted by Gasteiger charge is -1.98. The lowest BCUT2D eigenvalue weighted by molar-refractivity contribution is 0.544. The van der Waals surface area contributed by atoms with Crippen LogP contribution in [0.4, 0.5) is 0 Å². The highest BCUT2D eigenvalue weighted by Gasteiger charge is 1.89. The van der Waals surface area contributed by atoms with Gasteiger partial charge in [-0.05, 0) is 58.6 Å². The summed E-state index contributed by atoms with van der Waals surface area (Å²) in [5, 5.41) is 0. The van der Waals surface area contributed by atoms with E-state index in [-0.39, 0.29) is 0 Å². The molecule has 2 aromatic carbocycles. The first-order valence-corrected chi connectivity index (χ1v) is 9.28. The first-order valence-electron chi connectivity index (χ1n) is 9.28. The quantitative estimate of drug-likeness (QED) is 0.531. The molecule has 0 nitrogen and oxygen atoms in total. The van der Waals surface area contributed by atoms with E-state index in [1.807, 2.05) is 0 Å². The SMILES string of the molecule is CCC(C)CC.Cc1cc(C)cc(C)c1.Cc1ccc(C)c(C)c1. The van der Waals surface area contributed by atoms with E-state index in [0.717, 1.165) is 5.92 Å². The van der Waals surface area contributed by atoms with E-state index in [1.54, 1.807) is 0 Å². The summed E-state index contributed by atoms with van der Waals surface area (Å²) in [7, 11) is 0. The molecule has 0 aliphatic carbocycles. The van der Waals surface area contributed by atoms with Gasteiger partial charge in [0.05, 0.1) is 0 Å². The van der Waals surface area contributed by atoms with Crippen LogP contribution in [0.5, 0.6) is 0 Å². The van der Waals surface area contributed by atoms with Crippen molar-refractivity contribution in [3.05, 3.63) is 69.8 Å². The fourth-order valence-corrected chi connectivity index (χ4v) is 2.38. The van der Waals surface area contributed by atoms with E-state index in [4.69, 9.17) is 0 Å². The van der Waals surface area contributed by atoms with E-state index < -0.39 is 0 Å². The molecular weight excluding hydrogens is 288 g/mol. The van der Waals surface area contributed by atoms with Crippen LogP contribution in [0, 0.1) is 47.5 Å². The Bertz CT molecular complexity index is 539. The summed E-state index contributed by atoms with van der Waals surface area (Å²) in [4.78, 5) is 0. The molecule has 0 bridgehead atoms. The molecule has 2 aromatic rings. The molecule has 0 aliphatic rings. The number of benzene rings is 2. The Morgan fingerprint density at radius 2 is 1.00 bits per heavy atom. The van der Waals surface area contributed by atoms with Crippen molar-refractivity contribution in [2.45, 2.75) is 75.2 Å². The number of rotatable bonds is 2. The minimum Gasteiger partial charge on any atom is -0.0651 e. The standard InChI is InChI=1S/2C9H12.C6H14/c1-7-4-8(2)6-9(3)5-7;1-7-4-5-8(2)9(3)6-7;1-4-6(3)5-2/h2*4-6H,1-3H3;6H,4-5H2,1-3H3. The van der Waals surface area contributed by atoms with Gasteiger partial charge in [0.15, 0.2) is 0 Å². The lowest BCUT2D eigenvalue weighted by atomic mass is 10.1. The molecule has 0 heteroatoms. The van der Waals surface area contributed by atoms with Crippen LogP contribution in [0.2, 0.25) is 0 Å². The fraction of sp³-hybridized carbons (Fsp3) is 0.500. The molecule has 0 saturated heterocycles. The minimum absolute atomic E-state index is 0.935. The van der Waals surface area contributed by atoms with Crippen molar-refractivity contribution in [2.75, 3.05) is 0 Å². The second kappa shape index (κ2) is 11.9. The normalized spacial score (nSPS) is 9.75. The Hall–Kier alpha value is -1.56. The van der Waals surface area contributed by atoms with Gasteiger partial charge in [0, 0.05) is 0 Å². The van der Waals surface area contributed by atoms with Crippen molar-refractivity contribution in [3.63, 3.8) is 0 Å². The molecule has 0 unspecified atom stereocenters. The molecular formula is C24H38. The molecule has 0 spiro atoms. The molecule has 2 rings (SSSR count). The fourth-order valence-electron chi connectivity index (χ4n) is 2.38. The van der Waals surface area contributed by atoms with Crippen LogP contribution in [0.15, 0.2) is 36.4 Å². The van der Waals surface area contributed by atoms with Crippen molar-refractivity contribution in [3.8, 4) is 0 Å². The summed E-state index contributed by atoms with van der Waals surface area (Å²) in [6.07, 6.45) is 2.66. The summed E-state index contributed by atoms with van der Waals surface area (Å²) >= 11 is 0. The van der Waals surface area contributed by atoms with E-state index in [9.17, 15) is 0 Å². The first-order chi connectivity index (χ1) is 11.2. The predicted octanol–water partition coefficient (Wildman–Crippen LogP) is 7.67. The zero-order valence-corrected chi connectivity index (χ0v) is 17.5. The maximum Gasteiger partial charge on any atom is -0.0395 e. The molecule has 0 heterocycles. The summed E-state index contributed by atoms with van der Waals surface area (Å²) in [5.74, 6) is 0.935. The Kier molecular flexibility index (Phi) is 11.1. The van der Waals surface area contributed by atoms with Gasteiger partial charge in [-0.1, -0.05) is 92.3 Å². The predicted molar refractivity (Wildman–Crippen MR) is 111 cm³/mol. The van der Waals surface area contributed by atoms with E-state index >= 15 is 0 Å². The Balaban J connectivity index is 0.000000340. The molecule has 24 heavy (non-hydrogen) atoms. The summed E-state index contributed by atoms with van der Waals surface area (Å²) in [5.41, 5.74) is 8.17. The topological polar surface area (TPSA) is 0 Å². The highest BCUT2D eigenvalue weighted by molar-refractivity contribution is 5.29. The number of aryl methyl sites for hydroxylation is 6. The van der Waals surface area contributed by atoms with Crippen LogP contribution in [-0.2, 0) is 0 Å². The molecule has 0 amide bonds. The summed E-state index contributed by atoms with van der Waals surface area (Å²) in [6, 6.07) is 13.1. The van der Waals surface area contributed by atoms with Gasteiger partial charge in [0.25, 0.3) is 0 Å². The van der Waals surface area contributed by atoms with Crippen molar-refractivity contribution < 1.29 is 0 Å². The van der Waals surface area contributed by atoms with Crippen molar-refractivity contribution >= 4 is 0 Å². The largest absolute Gasteiger partial charge is 0.0651 e. The van der Waals surface area contributed by atoms with Crippen LogP contribution in [-0.4, -0.2) is 0 Å². The Morgan fingerprint density at radius 3 is 1.25 bits per heavy atom. The molecule has 0 saturated carbocycles. The molecule has 134 valence electrons. The molecule has 0 N–H and O–H groups in total. The average molecular weight is 327 g/mol. The van der Waals surface area contributed by atoms with E-state index in [1.165, 1.54) is 46.2 Å². The minimum atomic E-state index is 0.935. The van der Waals surface area contributed by atoms with Crippen molar-refractivity contribution in [1.82, 2.24) is 0 Å². The van der Waals surface area contributed by atoms with Crippen LogP contribution >= 0.6 is 0 Å². The highest BCUT2D eigenvalue weighted by atomic mass is 14.0. The smallest absolute Gasteiger partial charge is 0.0395 e. The van der Waals surface area contributed by atoms with Crippen LogP contribution in [0.3, 0.4) is 0 Å². The van der Waals surface area contributed by atoms with Gasteiger partial charge >= 0.3 is 0 Å². The van der Waals surface area contributed by atoms with Crippen molar-refractivity contribution in [1.29, 1.82) is 0 Å². The monoisotopic (exact) mass is 326 g/mol. The van der Waals surface area contributed by atoms with Crippen LogP contribution < -0.4 is 0 Å². The van der Waals surface area contributed by atoms with Gasteiger partial charge in [-0.3, -0.25) is 0 Å².